The van der Waals surface area contributed by atoms with Gasteiger partial charge in [0.1, 0.15) is 0 Å². The molecule has 88 valence electrons. The topological polar surface area (TPSA) is 46.3 Å². The van der Waals surface area contributed by atoms with E-state index in [2.05, 4.69) is 19.1 Å². The summed E-state index contributed by atoms with van der Waals surface area (Å²) in [6, 6.07) is 8.08. The molecule has 17 heavy (non-hydrogen) atoms. The average molecular weight is 264 g/mol. The van der Waals surface area contributed by atoms with Crippen molar-refractivity contribution in [1.82, 2.24) is 5.01 Å². The number of hydrogen-bond acceptors (Lipinski definition) is 4. The van der Waals surface area contributed by atoms with Gasteiger partial charge in [0.05, 0.1) is 4.91 Å². The molecule has 5 heteroatoms. The van der Waals surface area contributed by atoms with Gasteiger partial charge in [0.15, 0.2) is 4.32 Å². The van der Waals surface area contributed by atoms with Crippen molar-refractivity contribution in [2.45, 2.75) is 13.3 Å². The molecule has 0 atom stereocenters. The van der Waals surface area contributed by atoms with Gasteiger partial charge in [-0.3, -0.25) is 4.79 Å². The summed E-state index contributed by atoms with van der Waals surface area (Å²) in [6.45, 7) is 2.11. The first kappa shape index (κ1) is 12.3. The summed E-state index contributed by atoms with van der Waals surface area (Å²) in [7, 11) is 0. The van der Waals surface area contributed by atoms with E-state index in [9.17, 15) is 4.79 Å². The van der Waals surface area contributed by atoms with Gasteiger partial charge < -0.3 is 0 Å². The summed E-state index contributed by atoms with van der Waals surface area (Å²) in [4.78, 5) is 12.2. The lowest BCUT2D eigenvalue weighted by Crippen LogP contribution is -2.34. The van der Waals surface area contributed by atoms with Crippen molar-refractivity contribution < 1.29 is 4.79 Å². The number of aryl methyl sites for hydroxylation is 1. The Morgan fingerprint density at radius 2 is 2.06 bits per heavy atom. The van der Waals surface area contributed by atoms with Gasteiger partial charge in [-0.25, -0.2) is 10.9 Å². The predicted octanol–water partition coefficient (Wildman–Crippen LogP) is 2.32. The number of benzene rings is 1. The molecule has 0 bridgehead atoms. The van der Waals surface area contributed by atoms with Gasteiger partial charge in [0.25, 0.3) is 5.91 Å². The first-order valence-electron chi connectivity index (χ1n) is 5.23. The summed E-state index contributed by atoms with van der Waals surface area (Å²) >= 11 is 6.18. The molecule has 3 nitrogen and oxygen atoms in total. The Kier molecular flexibility index (Phi) is 3.61. The number of hydrazine groups is 1. The monoisotopic (exact) mass is 264 g/mol. The Balaban J connectivity index is 2.24. The number of thioether (sulfide) groups is 1. The zero-order valence-corrected chi connectivity index (χ0v) is 11.0. The van der Waals surface area contributed by atoms with Crippen LogP contribution in [0.5, 0.6) is 0 Å². The van der Waals surface area contributed by atoms with Crippen molar-refractivity contribution in [2.75, 3.05) is 0 Å². The van der Waals surface area contributed by atoms with E-state index in [4.69, 9.17) is 18.1 Å². The van der Waals surface area contributed by atoms with Crippen LogP contribution in [0.25, 0.3) is 6.08 Å². The summed E-state index contributed by atoms with van der Waals surface area (Å²) in [5, 5.41) is 1.01. The third-order valence-electron chi connectivity index (χ3n) is 2.51. The second-order valence-corrected chi connectivity index (χ2v) is 5.32. The SMILES string of the molecule is CCc1ccc(/C=C2/SC(=S)N(N)C2=O)cc1. The minimum Gasteiger partial charge on any atom is -0.267 e. The summed E-state index contributed by atoms with van der Waals surface area (Å²) in [5.41, 5.74) is 2.25. The van der Waals surface area contributed by atoms with Crippen LogP contribution < -0.4 is 5.84 Å². The fraction of sp³-hybridized carbons (Fsp3) is 0.167. The van der Waals surface area contributed by atoms with E-state index in [0.29, 0.717) is 9.23 Å². The standard InChI is InChI=1S/C12H12N2OS2/c1-2-8-3-5-9(6-4-8)7-10-11(15)14(13)12(16)17-10/h3-7H,2,13H2,1H3/b10-7+. The maximum absolute atomic E-state index is 11.7. The lowest BCUT2D eigenvalue weighted by Gasteiger charge is -2.03. The molecule has 0 aromatic heterocycles. The molecule has 2 N–H and O–H groups in total. The fourth-order valence-corrected chi connectivity index (χ4v) is 2.58. The van der Waals surface area contributed by atoms with Crippen molar-refractivity contribution in [3.05, 3.63) is 40.3 Å². The first-order chi connectivity index (χ1) is 8.11. The fourth-order valence-electron chi connectivity index (χ4n) is 1.48. The van der Waals surface area contributed by atoms with Gasteiger partial charge in [-0.15, -0.1) is 0 Å². The molecule has 0 radical (unpaired) electrons. The number of amides is 1. The molecule has 0 aliphatic carbocycles. The van der Waals surface area contributed by atoms with Crippen LogP contribution in [0, 0.1) is 0 Å². The molecule has 1 saturated heterocycles. The van der Waals surface area contributed by atoms with Crippen molar-refractivity contribution in [3.63, 3.8) is 0 Å². The van der Waals surface area contributed by atoms with Crippen molar-refractivity contribution in [2.24, 2.45) is 5.84 Å². The molecular formula is C12H12N2OS2. The summed E-state index contributed by atoms with van der Waals surface area (Å²) in [5.74, 6) is 5.26. The molecule has 1 aliphatic rings. The van der Waals surface area contributed by atoms with E-state index < -0.39 is 0 Å². The van der Waals surface area contributed by atoms with Crippen LogP contribution in [0.1, 0.15) is 18.1 Å². The molecule has 0 unspecified atom stereocenters. The Bertz CT molecular complexity index is 494. The normalized spacial score (nSPS) is 18.2. The Morgan fingerprint density at radius 1 is 1.41 bits per heavy atom. The van der Waals surface area contributed by atoms with Crippen LogP contribution in [-0.2, 0) is 11.2 Å². The third-order valence-corrected chi connectivity index (χ3v) is 3.84. The molecule has 2 rings (SSSR count). The number of hydrogen-bond donors (Lipinski definition) is 1. The molecular weight excluding hydrogens is 252 g/mol. The smallest absolute Gasteiger partial charge is 0.267 e. The highest BCUT2D eigenvalue weighted by Gasteiger charge is 2.29. The Morgan fingerprint density at radius 3 is 2.53 bits per heavy atom. The zero-order valence-electron chi connectivity index (χ0n) is 9.34. The maximum Gasteiger partial charge on any atom is 0.280 e. The number of carbonyl (C=O) groups excluding carboxylic acids is 1. The first-order valence-corrected chi connectivity index (χ1v) is 6.46. The number of nitrogens with two attached hydrogens (primary N) is 1. The van der Waals surface area contributed by atoms with Crippen LogP contribution in [-0.4, -0.2) is 15.2 Å². The van der Waals surface area contributed by atoms with Crippen LogP contribution >= 0.6 is 24.0 Å². The van der Waals surface area contributed by atoms with E-state index in [1.54, 1.807) is 0 Å². The molecule has 1 aliphatic heterocycles. The Hall–Kier alpha value is -1.17. The van der Waals surface area contributed by atoms with E-state index in [-0.39, 0.29) is 5.91 Å². The lowest BCUT2D eigenvalue weighted by atomic mass is 10.1. The predicted molar refractivity (Wildman–Crippen MR) is 75.0 cm³/mol. The van der Waals surface area contributed by atoms with E-state index in [1.165, 1.54) is 17.3 Å². The van der Waals surface area contributed by atoms with Gasteiger partial charge in [-0.2, -0.15) is 0 Å². The van der Waals surface area contributed by atoms with E-state index in [0.717, 1.165) is 17.0 Å². The number of nitrogens with zero attached hydrogens (tertiary/aromatic N) is 1. The number of rotatable bonds is 2. The number of thiocarbonyl (C=S) groups is 1. The zero-order chi connectivity index (χ0) is 12.4. The maximum atomic E-state index is 11.7. The average Bonchev–Trinajstić information content (AvgIpc) is 2.58. The minimum atomic E-state index is -0.237. The largest absolute Gasteiger partial charge is 0.280 e. The highest BCUT2D eigenvalue weighted by Crippen LogP contribution is 2.30. The minimum absolute atomic E-state index is 0.237. The van der Waals surface area contributed by atoms with Crippen molar-refractivity contribution in [1.29, 1.82) is 0 Å². The molecule has 1 heterocycles. The number of carbonyl (C=O) groups is 1. The summed E-state index contributed by atoms with van der Waals surface area (Å²) in [6.07, 6.45) is 2.82. The van der Waals surface area contributed by atoms with Crippen LogP contribution in [0.4, 0.5) is 0 Å². The summed E-state index contributed by atoms with van der Waals surface area (Å²) < 4.78 is 0.395. The molecule has 1 aromatic carbocycles. The highest BCUT2D eigenvalue weighted by molar-refractivity contribution is 8.26. The van der Waals surface area contributed by atoms with Gasteiger partial charge >= 0.3 is 0 Å². The molecule has 1 amide bonds. The molecule has 0 saturated carbocycles. The van der Waals surface area contributed by atoms with Crippen LogP contribution in [0.2, 0.25) is 0 Å². The van der Waals surface area contributed by atoms with Crippen LogP contribution in [0.15, 0.2) is 29.2 Å². The quantitative estimate of drug-likeness (QED) is 0.385. The molecule has 0 spiro atoms. The van der Waals surface area contributed by atoms with Crippen LogP contribution in [0.3, 0.4) is 0 Å². The van der Waals surface area contributed by atoms with Gasteiger partial charge in [-0.05, 0) is 23.6 Å². The van der Waals surface area contributed by atoms with E-state index in [1.807, 2.05) is 18.2 Å². The van der Waals surface area contributed by atoms with Gasteiger partial charge in [0, 0.05) is 0 Å². The lowest BCUT2D eigenvalue weighted by molar-refractivity contribution is -0.122. The van der Waals surface area contributed by atoms with E-state index >= 15 is 0 Å². The highest BCUT2D eigenvalue weighted by atomic mass is 32.2. The van der Waals surface area contributed by atoms with Gasteiger partial charge in [-0.1, -0.05) is 55.2 Å². The molecule has 1 aromatic rings. The van der Waals surface area contributed by atoms with Crippen molar-refractivity contribution >= 4 is 40.3 Å². The Labute approximate surface area is 110 Å². The van der Waals surface area contributed by atoms with Gasteiger partial charge in [0.2, 0.25) is 0 Å². The second-order valence-electron chi connectivity index (χ2n) is 3.65. The second kappa shape index (κ2) is 5.00. The van der Waals surface area contributed by atoms with Crippen molar-refractivity contribution in [3.8, 4) is 0 Å². The third kappa shape index (κ3) is 2.57. The molecule has 1 fully saturated rings.